The molecule has 0 atom stereocenters. The molecule has 19 heavy (non-hydrogen) atoms. The highest BCUT2D eigenvalue weighted by Gasteiger charge is 2.04. The number of aromatic nitrogens is 4. The Bertz CT molecular complexity index is 722. The molecule has 1 N–H and O–H groups in total. The predicted molar refractivity (Wildman–Crippen MR) is 74.7 cm³/mol. The Hall–Kier alpha value is -2.56. The molecule has 5 nitrogen and oxygen atoms in total. The third-order valence-corrected chi connectivity index (χ3v) is 2.46. The lowest BCUT2D eigenvalue weighted by molar-refractivity contribution is 1.16. The van der Waals surface area contributed by atoms with Gasteiger partial charge in [0, 0.05) is 30.4 Å². The summed E-state index contributed by atoms with van der Waals surface area (Å²) < 4.78 is 0. The average molecular weight is 254 g/mol. The third-order valence-electron chi connectivity index (χ3n) is 2.46. The minimum atomic E-state index is -0.185. The summed E-state index contributed by atoms with van der Waals surface area (Å²) in [5, 5.41) is 0.491. The van der Waals surface area contributed by atoms with E-state index in [-0.39, 0.29) is 5.56 Å². The van der Waals surface area contributed by atoms with Gasteiger partial charge in [0.25, 0.3) is 5.56 Å². The van der Waals surface area contributed by atoms with Crippen molar-refractivity contribution in [1.29, 1.82) is 0 Å². The molecule has 3 rings (SSSR count). The molecule has 0 radical (unpaired) electrons. The second kappa shape index (κ2) is 5.86. The van der Waals surface area contributed by atoms with Crippen molar-refractivity contribution in [3.8, 4) is 11.4 Å². The minimum Gasteiger partial charge on any atom is -0.306 e. The summed E-state index contributed by atoms with van der Waals surface area (Å²) in [4.78, 5) is 26.8. The molecular weight excluding hydrogens is 240 g/mol. The monoisotopic (exact) mass is 254 g/mol. The fourth-order valence-electron chi connectivity index (χ4n) is 1.63. The number of nitrogens with zero attached hydrogens (tertiary/aromatic N) is 3. The molecule has 0 aromatic carbocycles. The topological polar surface area (TPSA) is 71.5 Å². The molecule has 3 aromatic rings. The largest absolute Gasteiger partial charge is 0.306 e. The number of aromatic amines is 1. The maximum absolute atomic E-state index is 11.8. The molecule has 0 aliphatic carbocycles. The highest BCUT2D eigenvalue weighted by molar-refractivity contribution is 5.78. The van der Waals surface area contributed by atoms with Crippen molar-refractivity contribution in [1.82, 2.24) is 19.9 Å². The first-order valence-corrected chi connectivity index (χ1v) is 6.09. The highest BCUT2D eigenvalue weighted by atomic mass is 16.1. The van der Waals surface area contributed by atoms with Gasteiger partial charge < -0.3 is 4.98 Å². The standard InChI is InChI=1S/C12H8N4O.C2H6/c17-12-9-7-14-6-3-10(9)15-11(16-12)8-1-4-13-5-2-8;1-2/h1-7H,(H,15,16,17);1-2H3. The number of fused-ring (bicyclic) bond motifs is 1. The van der Waals surface area contributed by atoms with E-state index in [1.54, 1.807) is 36.8 Å². The normalized spacial score (nSPS) is 9.79. The minimum absolute atomic E-state index is 0.185. The maximum atomic E-state index is 11.8. The van der Waals surface area contributed by atoms with E-state index in [0.717, 1.165) is 5.56 Å². The lowest BCUT2D eigenvalue weighted by Crippen LogP contribution is -2.09. The van der Waals surface area contributed by atoms with Crippen LogP contribution in [0.5, 0.6) is 0 Å². The molecule has 5 heteroatoms. The second-order valence-corrected chi connectivity index (χ2v) is 3.54. The van der Waals surface area contributed by atoms with Gasteiger partial charge in [0.05, 0.1) is 10.9 Å². The van der Waals surface area contributed by atoms with Crippen LogP contribution >= 0.6 is 0 Å². The number of rotatable bonds is 1. The Morgan fingerprint density at radius 3 is 2.42 bits per heavy atom. The van der Waals surface area contributed by atoms with E-state index >= 15 is 0 Å². The first-order valence-electron chi connectivity index (χ1n) is 6.09. The molecule has 0 saturated heterocycles. The van der Waals surface area contributed by atoms with Crippen LogP contribution in [0.3, 0.4) is 0 Å². The van der Waals surface area contributed by atoms with Gasteiger partial charge in [-0.1, -0.05) is 13.8 Å². The SMILES string of the molecule is CC.O=c1[nH]c(-c2ccncc2)nc2ccncc12. The van der Waals surface area contributed by atoms with Crippen LogP contribution in [0.25, 0.3) is 22.3 Å². The zero-order chi connectivity index (χ0) is 13.7. The number of H-pyrrole nitrogens is 1. The van der Waals surface area contributed by atoms with E-state index in [4.69, 9.17) is 0 Å². The van der Waals surface area contributed by atoms with Gasteiger partial charge in [-0.05, 0) is 18.2 Å². The Kier molecular flexibility index (Phi) is 3.97. The van der Waals surface area contributed by atoms with Crippen molar-refractivity contribution in [2.75, 3.05) is 0 Å². The van der Waals surface area contributed by atoms with Gasteiger partial charge in [-0.15, -0.1) is 0 Å². The van der Waals surface area contributed by atoms with Crippen LogP contribution in [-0.2, 0) is 0 Å². The lowest BCUT2D eigenvalue weighted by atomic mass is 10.2. The van der Waals surface area contributed by atoms with Crippen molar-refractivity contribution in [3.63, 3.8) is 0 Å². The van der Waals surface area contributed by atoms with Gasteiger partial charge in [-0.25, -0.2) is 4.98 Å². The van der Waals surface area contributed by atoms with Crippen LogP contribution in [0.1, 0.15) is 13.8 Å². The number of hydrogen-bond donors (Lipinski definition) is 1. The molecule has 3 aromatic heterocycles. The molecule has 0 saturated carbocycles. The van der Waals surface area contributed by atoms with Gasteiger partial charge >= 0.3 is 0 Å². The van der Waals surface area contributed by atoms with E-state index < -0.39 is 0 Å². The molecule has 0 aliphatic heterocycles. The van der Waals surface area contributed by atoms with Gasteiger partial charge in [-0.3, -0.25) is 14.8 Å². The third kappa shape index (κ3) is 2.65. The predicted octanol–water partition coefficient (Wildman–Crippen LogP) is 2.41. The number of nitrogens with one attached hydrogen (secondary N) is 1. The lowest BCUT2D eigenvalue weighted by Gasteiger charge is -2.01. The van der Waals surface area contributed by atoms with E-state index in [2.05, 4.69) is 19.9 Å². The van der Waals surface area contributed by atoms with Gasteiger partial charge in [0.1, 0.15) is 5.82 Å². The summed E-state index contributed by atoms with van der Waals surface area (Å²) in [5.41, 5.74) is 1.28. The first kappa shape index (κ1) is 12.9. The summed E-state index contributed by atoms with van der Waals surface area (Å²) in [5.74, 6) is 0.538. The Labute approximate surface area is 110 Å². The zero-order valence-corrected chi connectivity index (χ0v) is 10.8. The second-order valence-electron chi connectivity index (χ2n) is 3.54. The van der Waals surface area contributed by atoms with E-state index in [1.165, 1.54) is 6.20 Å². The Morgan fingerprint density at radius 1 is 1.00 bits per heavy atom. The summed E-state index contributed by atoms with van der Waals surface area (Å²) >= 11 is 0. The molecule has 0 bridgehead atoms. The van der Waals surface area contributed by atoms with Crippen LogP contribution in [0.2, 0.25) is 0 Å². The highest BCUT2D eigenvalue weighted by Crippen LogP contribution is 2.13. The summed E-state index contributed by atoms with van der Waals surface area (Å²) in [6.45, 7) is 4.00. The molecule has 96 valence electrons. The Balaban J connectivity index is 0.000000637. The van der Waals surface area contributed by atoms with Gasteiger partial charge in [0.15, 0.2) is 0 Å². The van der Waals surface area contributed by atoms with Crippen LogP contribution in [-0.4, -0.2) is 19.9 Å². The van der Waals surface area contributed by atoms with E-state index in [1.807, 2.05) is 13.8 Å². The quantitative estimate of drug-likeness (QED) is 0.723. The number of pyridine rings is 2. The van der Waals surface area contributed by atoms with Crippen LogP contribution in [0.4, 0.5) is 0 Å². The van der Waals surface area contributed by atoms with Crippen molar-refractivity contribution in [2.45, 2.75) is 13.8 Å². The van der Waals surface area contributed by atoms with Crippen molar-refractivity contribution in [3.05, 3.63) is 53.3 Å². The first-order chi connectivity index (χ1) is 9.34. The van der Waals surface area contributed by atoms with Crippen molar-refractivity contribution >= 4 is 10.9 Å². The van der Waals surface area contributed by atoms with Gasteiger partial charge in [0.2, 0.25) is 0 Å². The molecule has 3 heterocycles. The Morgan fingerprint density at radius 2 is 1.68 bits per heavy atom. The van der Waals surface area contributed by atoms with Crippen molar-refractivity contribution < 1.29 is 0 Å². The van der Waals surface area contributed by atoms with Crippen molar-refractivity contribution in [2.24, 2.45) is 0 Å². The summed E-state index contributed by atoms with van der Waals surface area (Å²) in [7, 11) is 0. The fourth-order valence-corrected chi connectivity index (χ4v) is 1.63. The molecule has 0 unspecified atom stereocenters. The summed E-state index contributed by atoms with van der Waals surface area (Å²) in [6.07, 6.45) is 6.45. The van der Waals surface area contributed by atoms with E-state index in [0.29, 0.717) is 16.7 Å². The van der Waals surface area contributed by atoms with Crippen LogP contribution in [0, 0.1) is 0 Å². The fraction of sp³-hybridized carbons (Fsp3) is 0.143. The van der Waals surface area contributed by atoms with Crippen LogP contribution < -0.4 is 5.56 Å². The molecular formula is C14H14N4O. The molecule has 0 aliphatic rings. The molecule has 0 fully saturated rings. The number of hydrogen-bond acceptors (Lipinski definition) is 4. The van der Waals surface area contributed by atoms with E-state index in [9.17, 15) is 4.79 Å². The molecule has 0 spiro atoms. The average Bonchev–Trinajstić information content (AvgIpc) is 2.50. The maximum Gasteiger partial charge on any atom is 0.260 e. The summed E-state index contributed by atoms with van der Waals surface area (Å²) in [6, 6.07) is 5.31. The van der Waals surface area contributed by atoms with Crippen LogP contribution in [0.15, 0.2) is 47.8 Å². The smallest absolute Gasteiger partial charge is 0.260 e. The zero-order valence-electron chi connectivity index (χ0n) is 10.8. The van der Waals surface area contributed by atoms with Gasteiger partial charge in [-0.2, -0.15) is 0 Å². The molecule has 0 amide bonds.